The van der Waals surface area contributed by atoms with Gasteiger partial charge in [-0.2, -0.15) is 15.1 Å². The Morgan fingerprint density at radius 1 is 1.27 bits per heavy atom. The largest absolute Gasteiger partial charge is 0.506 e. The van der Waals surface area contributed by atoms with E-state index in [1.165, 1.54) is 16.8 Å². The number of benzene rings is 1. The molecule has 26 heavy (non-hydrogen) atoms. The smallest absolute Gasteiger partial charge is 0.283 e. The minimum Gasteiger partial charge on any atom is -0.506 e. The number of amidine groups is 2. The van der Waals surface area contributed by atoms with Crippen molar-refractivity contribution in [3.63, 3.8) is 0 Å². The highest BCUT2D eigenvalue weighted by atomic mass is 32.2. The highest BCUT2D eigenvalue weighted by molar-refractivity contribution is 8.25. The van der Waals surface area contributed by atoms with Gasteiger partial charge in [0.15, 0.2) is 11.0 Å². The van der Waals surface area contributed by atoms with E-state index in [0.717, 1.165) is 17.0 Å². The first-order valence-corrected chi connectivity index (χ1v) is 8.75. The maximum absolute atomic E-state index is 12.3. The van der Waals surface area contributed by atoms with Crippen molar-refractivity contribution in [3.05, 3.63) is 52.9 Å². The van der Waals surface area contributed by atoms with Gasteiger partial charge in [0, 0.05) is 11.4 Å². The molecule has 1 aromatic carbocycles. The van der Waals surface area contributed by atoms with Gasteiger partial charge in [0.2, 0.25) is 0 Å². The van der Waals surface area contributed by atoms with Crippen LogP contribution in [-0.4, -0.2) is 37.1 Å². The van der Waals surface area contributed by atoms with E-state index >= 15 is 0 Å². The molecule has 1 amide bonds. The van der Waals surface area contributed by atoms with Crippen molar-refractivity contribution >= 4 is 40.3 Å². The summed E-state index contributed by atoms with van der Waals surface area (Å²) in [7, 11) is 0. The maximum atomic E-state index is 12.3. The number of nitrogens with zero attached hydrogens (tertiary/aromatic N) is 4. The third-order valence-corrected chi connectivity index (χ3v) is 4.96. The molecular formula is C18H15N5O2S. The number of aryl methyl sites for hydroxylation is 1. The van der Waals surface area contributed by atoms with E-state index in [-0.39, 0.29) is 17.2 Å². The van der Waals surface area contributed by atoms with Crippen LogP contribution in [0.15, 0.2) is 46.0 Å². The van der Waals surface area contributed by atoms with Crippen molar-refractivity contribution in [3.8, 4) is 11.4 Å². The van der Waals surface area contributed by atoms with Gasteiger partial charge in [-0.25, -0.2) is 0 Å². The molecule has 1 aromatic heterocycles. The third kappa shape index (κ3) is 2.46. The molecule has 7 nitrogen and oxygen atoms in total. The van der Waals surface area contributed by atoms with Crippen LogP contribution in [0, 0.1) is 19.3 Å². The molecule has 0 atom stereocenters. The van der Waals surface area contributed by atoms with E-state index in [4.69, 9.17) is 5.41 Å². The van der Waals surface area contributed by atoms with Gasteiger partial charge in [-0.3, -0.25) is 10.2 Å². The Morgan fingerprint density at radius 2 is 2.04 bits per heavy atom. The number of hydrazone groups is 1. The normalized spacial score (nSPS) is 17.8. The van der Waals surface area contributed by atoms with Gasteiger partial charge >= 0.3 is 0 Å². The number of aliphatic imine (C=N–C) groups is 1. The first kappa shape index (κ1) is 16.3. The second-order valence-corrected chi connectivity index (χ2v) is 6.72. The molecule has 2 N–H and O–H groups in total. The zero-order valence-corrected chi connectivity index (χ0v) is 14.9. The molecular weight excluding hydrogens is 350 g/mol. The number of nitrogens with one attached hydrogen (secondary N) is 1. The molecule has 4 rings (SSSR count). The highest BCUT2D eigenvalue weighted by Crippen LogP contribution is 2.30. The van der Waals surface area contributed by atoms with E-state index in [9.17, 15) is 9.90 Å². The second kappa shape index (κ2) is 5.99. The fourth-order valence-corrected chi connectivity index (χ4v) is 3.66. The summed E-state index contributed by atoms with van der Waals surface area (Å²) >= 11 is 1.21. The van der Waals surface area contributed by atoms with Gasteiger partial charge in [-0.15, -0.1) is 0 Å². The quantitative estimate of drug-likeness (QED) is 0.800. The van der Waals surface area contributed by atoms with Crippen molar-refractivity contribution in [2.45, 2.75) is 13.8 Å². The Bertz CT molecular complexity index is 1050. The van der Waals surface area contributed by atoms with Crippen molar-refractivity contribution in [2.24, 2.45) is 10.1 Å². The summed E-state index contributed by atoms with van der Waals surface area (Å²) in [5.41, 5.74) is 4.95. The zero-order chi connectivity index (χ0) is 18.4. The maximum Gasteiger partial charge on any atom is 0.283 e. The summed E-state index contributed by atoms with van der Waals surface area (Å²) in [4.78, 5) is 16.3. The second-order valence-electron chi connectivity index (χ2n) is 5.91. The first-order valence-electron chi connectivity index (χ1n) is 7.87. The fourth-order valence-electron chi connectivity index (χ4n) is 3.05. The van der Waals surface area contributed by atoms with Crippen molar-refractivity contribution in [2.75, 3.05) is 0 Å². The van der Waals surface area contributed by atoms with Crippen molar-refractivity contribution in [1.29, 1.82) is 5.41 Å². The molecule has 0 unspecified atom stereocenters. The summed E-state index contributed by atoms with van der Waals surface area (Å²) in [6.45, 7) is 3.83. The lowest BCUT2D eigenvalue weighted by Crippen LogP contribution is -2.35. The van der Waals surface area contributed by atoms with Crippen LogP contribution < -0.4 is 0 Å². The van der Waals surface area contributed by atoms with Gasteiger partial charge < -0.3 is 9.67 Å². The standard InChI is InChI=1S/C18H15N5O2S/c1-10-7-12(11(2)22(10)14-5-3-4-6-15(14)24)8-13-16(19)23-18(21-17(13)25)26-9-20-23/h3-9,19,24H,1-2H3. The number of thioether (sulfide) groups is 1. The van der Waals surface area contributed by atoms with E-state index in [0.29, 0.717) is 10.9 Å². The summed E-state index contributed by atoms with van der Waals surface area (Å²) in [6, 6.07) is 8.99. The topological polar surface area (TPSA) is 94.0 Å². The van der Waals surface area contributed by atoms with Crippen LogP contribution >= 0.6 is 11.8 Å². The molecule has 0 fully saturated rings. The summed E-state index contributed by atoms with van der Waals surface area (Å²) in [5, 5.41) is 24.2. The van der Waals surface area contributed by atoms with Crippen LogP contribution in [0.5, 0.6) is 5.75 Å². The van der Waals surface area contributed by atoms with Gasteiger partial charge in [0.05, 0.1) is 16.8 Å². The molecule has 0 aliphatic carbocycles. The minimum absolute atomic E-state index is 0.00797. The number of phenolic OH excluding ortho intramolecular Hbond substituents is 1. The van der Waals surface area contributed by atoms with Crippen LogP contribution in [0.2, 0.25) is 0 Å². The number of aromatic hydroxyl groups is 1. The lowest BCUT2D eigenvalue weighted by molar-refractivity contribution is -0.114. The Labute approximate surface area is 153 Å². The van der Waals surface area contributed by atoms with Crippen molar-refractivity contribution in [1.82, 2.24) is 9.58 Å². The van der Waals surface area contributed by atoms with Crippen LogP contribution in [0.1, 0.15) is 17.0 Å². The predicted molar refractivity (Wildman–Crippen MR) is 103 cm³/mol. The van der Waals surface area contributed by atoms with Gasteiger partial charge in [-0.05, 0) is 55.4 Å². The highest BCUT2D eigenvalue weighted by Gasteiger charge is 2.32. The summed E-state index contributed by atoms with van der Waals surface area (Å²) in [6.07, 6.45) is 1.66. The van der Waals surface area contributed by atoms with Crippen molar-refractivity contribution < 1.29 is 9.90 Å². The number of carbonyl (C=O) groups excluding carboxylic acids is 1. The number of para-hydroxylation sites is 2. The van der Waals surface area contributed by atoms with Crippen LogP contribution in [-0.2, 0) is 4.79 Å². The minimum atomic E-state index is -0.452. The zero-order valence-electron chi connectivity index (χ0n) is 14.1. The average Bonchev–Trinajstić information content (AvgIpc) is 3.17. The number of hydrogen-bond donors (Lipinski definition) is 2. The molecule has 130 valence electrons. The molecule has 0 saturated carbocycles. The SMILES string of the molecule is Cc1cc(C=C2C(=N)N3N=CSC3=NC2=O)c(C)n1-c1ccccc1O. The number of carbonyl (C=O) groups is 1. The fraction of sp³-hybridized carbons (Fsp3) is 0.111. The Hall–Kier alpha value is -3.13. The monoisotopic (exact) mass is 365 g/mol. The Kier molecular flexibility index (Phi) is 3.77. The Morgan fingerprint density at radius 3 is 2.81 bits per heavy atom. The van der Waals surface area contributed by atoms with E-state index in [2.05, 4.69) is 10.1 Å². The van der Waals surface area contributed by atoms with Gasteiger partial charge in [0.25, 0.3) is 5.91 Å². The van der Waals surface area contributed by atoms with E-state index in [1.807, 2.05) is 36.6 Å². The number of fused-ring (bicyclic) bond motifs is 1. The summed E-state index contributed by atoms with van der Waals surface area (Å²) in [5.74, 6) is -0.270. The molecule has 0 spiro atoms. The number of amides is 1. The number of hydrogen-bond acceptors (Lipinski definition) is 5. The number of aromatic nitrogens is 1. The number of rotatable bonds is 2. The number of phenols is 1. The molecule has 0 radical (unpaired) electrons. The lowest BCUT2D eigenvalue weighted by atomic mass is 10.1. The van der Waals surface area contributed by atoms with Crippen LogP contribution in [0.25, 0.3) is 11.8 Å². The first-order chi connectivity index (χ1) is 12.5. The molecule has 3 heterocycles. The Balaban J connectivity index is 1.81. The predicted octanol–water partition coefficient (Wildman–Crippen LogP) is 3.05. The third-order valence-electron chi connectivity index (χ3n) is 4.29. The van der Waals surface area contributed by atoms with Gasteiger partial charge in [0.1, 0.15) is 5.75 Å². The average molecular weight is 365 g/mol. The van der Waals surface area contributed by atoms with Crippen LogP contribution in [0.3, 0.4) is 0 Å². The van der Waals surface area contributed by atoms with E-state index in [1.54, 1.807) is 23.8 Å². The molecule has 0 bridgehead atoms. The van der Waals surface area contributed by atoms with Gasteiger partial charge in [-0.1, -0.05) is 12.1 Å². The molecule has 0 saturated heterocycles. The molecule has 2 aliphatic heterocycles. The molecule has 2 aliphatic rings. The van der Waals surface area contributed by atoms with E-state index < -0.39 is 5.91 Å². The van der Waals surface area contributed by atoms with Crippen LogP contribution in [0.4, 0.5) is 0 Å². The molecule has 8 heteroatoms. The molecule has 2 aromatic rings. The lowest BCUT2D eigenvalue weighted by Gasteiger charge is -2.20. The summed E-state index contributed by atoms with van der Waals surface area (Å²) < 4.78 is 1.91.